The second kappa shape index (κ2) is 5.23. The van der Waals surface area contributed by atoms with Crippen LogP contribution in [0.2, 0.25) is 20.1 Å². The van der Waals surface area contributed by atoms with Gasteiger partial charge in [0, 0.05) is 12.1 Å². The number of hydrogen-bond acceptors (Lipinski definition) is 4. The number of carbonyl (C=O) groups is 1. The molecule has 0 aromatic heterocycles. The normalized spacial score (nSPS) is 31.9. The number of benzene rings is 1. The molecule has 1 aromatic carbocycles. The highest BCUT2D eigenvalue weighted by Gasteiger charge is 2.58. The molecule has 5 nitrogen and oxygen atoms in total. The maximum Gasteiger partial charge on any atom is 0.258 e. The SMILES string of the molecule is O=C1c2c(Cl)c(Cl)c(Cl)c(Cl)c2[C@]2(O)[C@H]3C=C[C@@H](OCCN12)O3. The number of hydrogen-bond donors (Lipinski definition) is 1. The molecule has 0 aliphatic carbocycles. The number of amides is 1. The third kappa shape index (κ3) is 1.96. The standard InChI is InChI=1S/C14H9Cl4NO4/c15-9-7-8(10(16)12(18)11(9)17)14(21)5-1-2-6(23-5)22-4-3-19(14)13(7)20/h1-2,5-6,21H,3-4H2/t5-,6+,14-/m1/s1. The van der Waals surface area contributed by atoms with Gasteiger partial charge >= 0.3 is 0 Å². The van der Waals surface area contributed by atoms with Crippen molar-refractivity contribution in [1.29, 1.82) is 0 Å². The van der Waals surface area contributed by atoms with Gasteiger partial charge in [-0.1, -0.05) is 46.4 Å². The molecule has 1 fully saturated rings. The molecule has 0 radical (unpaired) electrons. The van der Waals surface area contributed by atoms with Crippen LogP contribution < -0.4 is 0 Å². The van der Waals surface area contributed by atoms with Crippen LogP contribution in [0.3, 0.4) is 0 Å². The number of carbonyl (C=O) groups excluding carboxylic acids is 1. The van der Waals surface area contributed by atoms with E-state index in [-0.39, 0.29) is 44.4 Å². The molecule has 3 atom stereocenters. The van der Waals surface area contributed by atoms with Gasteiger partial charge in [-0.25, -0.2) is 0 Å². The summed E-state index contributed by atoms with van der Waals surface area (Å²) in [6.07, 6.45) is 1.85. The van der Waals surface area contributed by atoms with E-state index in [2.05, 4.69) is 0 Å². The minimum absolute atomic E-state index is 0.0167. The summed E-state index contributed by atoms with van der Waals surface area (Å²) in [4.78, 5) is 14.0. The summed E-state index contributed by atoms with van der Waals surface area (Å²) >= 11 is 24.6. The lowest BCUT2D eigenvalue weighted by Crippen LogP contribution is -2.54. The molecular formula is C14H9Cl4NO4. The highest BCUT2D eigenvalue weighted by molar-refractivity contribution is 6.53. The number of fused-ring (bicyclic) bond motifs is 6. The fourth-order valence-electron chi connectivity index (χ4n) is 3.18. The molecule has 122 valence electrons. The molecule has 2 bridgehead atoms. The van der Waals surface area contributed by atoms with Gasteiger partial charge in [0.1, 0.15) is 6.10 Å². The van der Waals surface area contributed by atoms with Crippen molar-refractivity contribution in [3.8, 4) is 0 Å². The zero-order valence-electron chi connectivity index (χ0n) is 11.4. The molecule has 1 amide bonds. The van der Waals surface area contributed by atoms with E-state index in [0.717, 1.165) is 0 Å². The highest BCUT2D eigenvalue weighted by Crippen LogP contribution is 2.53. The van der Waals surface area contributed by atoms with Crippen LogP contribution in [0.5, 0.6) is 0 Å². The van der Waals surface area contributed by atoms with Crippen molar-refractivity contribution in [3.05, 3.63) is 43.4 Å². The van der Waals surface area contributed by atoms with Crippen LogP contribution in [0.25, 0.3) is 0 Å². The largest absolute Gasteiger partial charge is 0.364 e. The lowest BCUT2D eigenvalue weighted by atomic mass is 9.95. The van der Waals surface area contributed by atoms with Crippen molar-refractivity contribution >= 4 is 52.3 Å². The molecule has 0 saturated carbocycles. The van der Waals surface area contributed by atoms with Gasteiger partial charge in [-0.15, -0.1) is 0 Å². The zero-order valence-corrected chi connectivity index (χ0v) is 14.4. The van der Waals surface area contributed by atoms with Crippen molar-refractivity contribution in [3.63, 3.8) is 0 Å². The molecule has 0 unspecified atom stereocenters. The molecule has 1 aromatic rings. The second-order valence-corrected chi connectivity index (χ2v) is 6.88. The number of aliphatic hydroxyl groups is 1. The van der Waals surface area contributed by atoms with Crippen LogP contribution in [0.4, 0.5) is 0 Å². The molecule has 1 saturated heterocycles. The first-order valence-corrected chi connectivity index (χ1v) is 8.24. The Kier molecular flexibility index (Phi) is 3.63. The predicted octanol–water partition coefficient (Wildman–Crippen LogP) is 3.21. The lowest BCUT2D eigenvalue weighted by molar-refractivity contribution is -0.231. The minimum Gasteiger partial charge on any atom is -0.364 e. The summed E-state index contributed by atoms with van der Waals surface area (Å²) in [5.74, 6) is -0.501. The van der Waals surface area contributed by atoms with Crippen LogP contribution in [-0.2, 0) is 15.2 Å². The Morgan fingerprint density at radius 2 is 1.83 bits per heavy atom. The van der Waals surface area contributed by atoms with Gasteiger partial charge in [-0.2, -0.15) is 0 Å². The first-order valence-electron chi connectivity index (χ1n) is 6.73. The molecule has 4 rings (SSSR count). The monoisotopic (exact) mass is 395 g/mol. The Bertz CT molecular complexity index is 768. The van der Waals surface area contributed by atoms with E-state index in [9.17, 15) is 9.90 Å². The van der Waals surface area contributed by atoms with Crippen LogP contribution >= 0.6 is 46.4 Å². The summed E-state index contributed by atoms with van der Waals surface area (Å²) < 4.78 is 11.1. The highest BCUT2D eigenvalue weighted by atomic mass is 35.5. The van der Waals surface area contributed by atoms with Crippen molar-refractivity contribution < 1.29 is 19.4 Å². The van der Waals surface area contributed by atoms with E-state index >= 15 is 0 Å². The Morgan fingerprint density at radius 1 is 1.13 bits per heavy atom. The van der Waals surface area contributed by atoms with Crippen LogP contribution in [0.15, 0.2) is 12.2 Å². The van der Waals surface area contributed by atoms with E-state index in [1.165, 1.54) is 4.90 Å². The summed E-state index contributed by atoms with van der Waals surface area (Å²) in [6.45, 7) is 0.324. The van der Waals surface area contributed by atoms with E-state index < -0.39 is 24.0 Å². The van der Waals surface area contributed by atoms with E-state index in [4.69, 9.17) is 55.9 Å². The van der Waals surface area contributed by atoms with Crippen molar-refractivity contribution in [2.45, 2.75) is 18.1 Å². The molecule has 0 spiro atoms. The fraction of sp³-hybridized carbons (Fsp3) is 0.357. The third-order valence-electron chi connectivity index (χ3n) is 4.22. The number of rotatable bonds is 0. The zero-order chi connectivity index (χ0) is 16.5. The minimum atomic E-state index is -1.82. The maximum absolute atomic E-state index is 12.8. The van der Waals surface area contributed by atoms with E-state index in [1.807, 2.05) is 0 Å². The quantitative estimate of drug-likeness (QED) is 0.415. The van der Waals surface area contributed by atoms with Gasteiger partial charge < -0.3 is 19.5 Å². The molecule has 3 aliphatic rings. The number of ether oxygens (including phenoxy) is 2. The van der Waals surface area contributed by atoms with Gasteiger partial charge in [0.05, 0.1) is 32.3 Å². The number of halogens is 4. The summed E-state index contributed by atoms with van der Waals surface area (Å²) in [7, 11) is 0. The van der Waals surface area contributed by atoms with Crippen LogP contribution in [0.1, 0.15) is 15.9 Å². The first-order chi connectivity index (χ1) is 10.9. The Morgan fingerprint density at radius 3 is 2.57 bits per heavy atom. The molecule has 3 aliphatic heterocycles. The van der Waals surface area contributed by atoms with E-state index in [0.29, 0.717) is 0 Å². The maximum atomic E-state index is 12.8. The van der Waals surface area contributed by atoms with Gasteiger partial charge in [0.2, 0.25) is 0 Å². The molecular weight excluding hydrogens is 388 g/mol. The molecule has 23 heavy (non-hydrogen) atoms. The van der Waals surface area contributed by atoms with Crippen LogP contribution in [0, 0.1) is 0 Å². The third-order valence-corrected chi connectivity index (χ3v) is 6.03. The summed E-state index contributed by atoms with van der Waals surface area (Å²) in [5, 5.41) is 11.3. The number of nitrogens with zero attached hydrogens (tertiary/aromatic N) is 1. The van der Waals surface area contributed by atoms with Gasteiger partial charge in [-0.05, 0) is 12.2 Å². The second-order valence-electron chi connectivity index (χ2n) is 5.37. The topological polar surface area (TPSA) is 59.0 Å². The van der Waals surface area contributed by atoms with Crippen molar-refractivity contribution in [1.82, 2.24) is 4.90 Å². The Labute approximate surface area is 151 Å². The van der Waals surface area contributed by atoms with Crippen molar-refractivity contribution in [2.24, 2.45) is 0 Å². The lowest BCUT2D eigenvalue weighted by Gasteiger charge is -2.40. The van der Waals surface area contributed by atoms with Crippen LogP contribution in [-0.4, -0.2) is 41.5 Å². The Hall–Kier alpha value is -0.530. The van der Waals surface area contributed by atoms with Gasteiger partial charge in [0.15, 0.2) is 12.0 Å². The first kappa shape index (κ1) is 16.0. The predicted molar refractivity (Wildman–Crippen MR) is 85.2 cm³/mol. The van der Waals surface area contributed by atoms with Crippen molar-refractivity contribution in [2.75, 3.05) is 13.2 Å². The fourth-order valence-corrected chi connectivity index (χ4v) is 4.25. The molecule has 9 heteroatoms. The molecule has 1 N–H and O–H groups in total. The Balaban J connectivity index is 2.03. The average Bonchev–Trinajstić information content (AvgIpc) is 3.07. The summed E-state index contributed by atoms with van der Waals surface area (Å²) in [5.41, 5.74) is -1.67. The molecule has 3 heterocycles. The van der Waals surface area contributed by atoms with Gasteiger partial charge in [-0.3, -0.25) is 4.79 Å². The smallest absolute Gasteiger partial charge is 0.258 e. The average molecular weight is 397 g/mol. The van der Waals surface area contributed by atoms with E-state index in [1.54, 1.807) is 12.2 Å². The van der Waals surface area contributed by atoms with Gasteiger partial charge in [0.25, 0.3) is 5.91 Å². The summed E-state index contributed by atoms with van der Waals surface area (Å²) in [6, 6.07) is 0.